The number of rotatable bonds is 6. The molecule has 0 amide bonds. The Balaban J connectivity index is 2.17. The SMILES string of the molecule is CS(=O)(=O)NCc1nnc(S(=O)(=O)Cc2ccccc2Cl)o1. The van der Waals surface area contributed by atoms with Crippen molar-refractivity contribution in [1.29, 1.82) is 0 Å². The molecule has 0 aliphatic heterocycles. The second kappa shape index (κ2) is 6.32. The number of aromatic nitrogens is 2. The zero-order valence-electron chi connectivity index (χ0n) is 11.4. The molecule has 1 aromatic carbocycles. The third kappa shape index (κ3) is 4.50. The summed E-state index contributed by atoms with van der Waals surface area (Å²) >= 11 is 5.92. The van der Waals surface area contributed by atoms with Gasteiger partial charge >= 0.3 is 5.22 Å². The van der Waals surface area contributed by atoms with Gasteiger partial charge in [-0.2, -0.15) is 0 Å². The van der Waals surface area contributed by atoms with E-state index >= 15 is 0 Å². The first-order chi connectivity index (χ1) is 10.2. The third-order valence-corrected chi connectivity index (χ3v) is 4.93. The molecular formula is C11H12ClN3O5S2. The van der Waals surface area contributed by atoms with Crippen LogP contribution in [0.25, 0.3) is 0 Å². The van der Waals surface area contributed by atoms with Gasteiger partial charge in [0.15, 0.2) is 0 Å². The van der Waals surface area contributed by atoms with Crippen LogP contribution < -0.4 is 4.72 Å². The Kier molecular flexibility index (Phi) is 4.85. The van der Waals surface area contributed by atoms with Gasteiger partial charge in [0.25, 0.3) is 0 Å². The van der Waals surface area contributed by atoms with Gasteiger partial charge < -0.3 is 4.42 Å². The van der Waals surface area contributed by atoms with E-state index in [9.17, 15) is 16.8 Å². The van der Waals surface area contributed by atoms with Crippen molar-refractivity contribution in [2.45, 2.75) is 17.5 Å². The van der Waals surface area contributed by atoms with E-state index in [0.29, 0.717) is 10.6 Å². The van der Waals surface area contributed by atoms with Crippen molar-refractivity contribution in [3.8, 4) is 0 Å². The Labute approximate surface area is 132 Å². The summed E-state index contributed by atoms with van der Waals surface area (Å²) in [5, 5.41) is 6.65. The van der Waals surface area contributed by atoms with Crippen molar-refractivity contribution in [2.75, 3.05) is 6.26 Å². The lowest BCUT2D eigenvalue weighted by atomic mass is 10.2. The number of nitrogens with zero attached hydrogens (tertiary/aromatic N) is 2. The van der Waals surface area contributed by atoms with Crippen LogP contribution in [0.4, 0.5) is 0 Å². The molecule has 1 N–H and O–H groups in total. The normalized spacial score (nSPS) is 12.5. The Morgan fingerprint density at radius 1 is 1.18 bits per heavy atom. The smallest absolute Gasteiger partial charge is 0.335 e. The average Bonchev–Trinajstić information content (AvgIpc) is 2.88. The van der Waals surface area contributed by atoms with E-state index in [0.717, 1.165) is 6.26 Å². The molecule has 0 spiro atoms. The second-order valence-corrected chi connectivity index (χ2v) is 8.51. The predicted octanol–water partition coefficient (Wildman–Crippen LogP) is 0.746. The molecule has 0 unspecified atom stereocenters. The molecule has 2 rings (SSSR count). The Morgan fingerprint density at radius 2 is 1.86 bits per heavy atom. The number of halogens is 1. The first-order valence-corrected chi connectivity index (χ1v) is 9.83. The van der Waals surface area contributed by atoms with Crippen molar-refractivity contribution < 1.29 is 21.3 Å². The van der Waals surface area contributed by atoms with Crippen LogP contribution in [-0.2, 0) is 32.2 Å². The quantitative estimate of drug-likeness (QED) is 0.801. The van der Waals surface area contributed by atoms with Gasteiger partial charge in [0, 0.05) is 5.02 Å². The lowest BCUT2D eigenvalue weighted by molar-refractivity contribution is 0.393. The van der Waals surface area contributed by atoms with Crippen molar-refractivity contribution in [3.05, 3.63) is 40.7 Å². The largest absolute Gasteiger partial charge is 0.411 e. The lowest BCUT2D eigenvalue weighted by Crippen LogP contribution is -2.21. The fraction of sp³-hybridized carbons (Fsp3) is 0.273. The van der Waals surface area contributed by atoms with Crippen LogP contribution in [0, 0.1) is 0 Å². The minimum atomic E-state index is -3.87. The first kappa shape index (κ1) is 16.9. The van der Waals surface area contributed by atoms with Crippen molar-refractivity contribution in [1.82, 2.24) is 14.9 Å². The number of hydrogen-bond donors (Lipinski definition) is 1. The van der Waals surface area contributed by atoms with Gasteiger partial charge in [-0.3, -0.25) is 0 Å². The van der Waals surface area contributed by atoms with Gasteiger partial charge in [0.2, 0.25) is 25.8 Å². The fourth-order valence-electron chi connectivity index (χ4n) is 1.51. The molecule has 22 heavy (non-hydrogen) atoms. The summed E-state index contributed by atoms with van der Waals surface area (Å²) in [5.41, 5.74) is 0.401. The number of sulfonamides is 1. The second-order valence-electron chi connectivity index (χ2n) is 4.41. The van der Waals surface area contributed by atoms with Gasteiger partial charge in [-0.15, -0.1) is 5.10 Å². The molecule has 120 valence electrons. The zero-order chi connectivity index (χ0) is 16.4. The Bertz CT molecular complexity index is 877. The summed E-state index contributed by atoms with van der Waals surface area (Å²) in [5.74, 6) is -0.545. The molecule has 11 heteroatoms. The van der Waals surface area contributed by atoms with Crippen LogP contribution in [0.5, 0.6) is 0 Å². The fourth-order valence-corrected chi connectivity index (χ4v) is 3.35. The highest BCUT2D eigenvalue weighted by atomic mass is 35.5. The summed E-state index contributed by atoms with van der Waals surface area (Å²) in [6, 6.07) is 6.48. The minimum absolute atomic E-state index is 0.150. The summed E-state index contributed by atoms with van der Waals surface area (Å²) in [6.45, 7) is -0.284. The average molecular weight is 366 g/mol. The molecule has 0 fully saturated rings. The van der Waals surface area contributed by atoms with E-state index in [4.69, 9.17) is 16.0 Å². The highest BCUT2D eigenvalue weighted by Gasteiger charge is 2.24. The van der Waals surface area contributed by atoms with Crippen LogP contribution >= 0.6 is 11.6 Å². The van der Waals surface area contributed by atoms with Crippen molar-refractivity contribution in [3.63, 3.8) is 0 Å². The minimum Gasteiger partial charge on any atom is -0.411 e. The van der Waals surface area contributed by atoms with Gasteiger partial charge in [0.1, 0.15) is 0 Å². The van der Waals surface area contributed by atoms with Crippen LogP contribution in [-0.4, -0.2) is 33.3 Å². The van der Waals surface area contributed by atoms with E-state index < -0.39 is 30.8 Å². The van der Waals surface area contributed by atoms with E-state index in [1.165, 1.54) is 0 Å². The molecule has 0 bridgehead atoms. The Hall–Kier alpha value is -1.49. The summed E-state index contributed by atoms with van der Waals surface area (Å²) in [4.78, 5) is 0. The van der Waals surface area contributed by atoms with Crippen molar-refractivity contribution >= 4 is 31.5 Å². The highest BCUT2D eigenvalue weighted by molar-refractivity contribution is 7.90. The molecule has 0 atom stereocenters. The van der Waals surface area contributed by atoms with E-state index in [-0.39, 0.29) is 12.4 Å². The monoisotopic (exact) mass is 365 g/mol. The third-order valence-electron chi connectivity index (χ3n) is 2.50. The van der Waals surface area contributed by atoms with Gasteiger partial charge in [-0.1, -0.05) is 34.9 Å². The van der Waals surface area contributed by atoms with E-state index in [1.54, 1.807) is 24.3 Å². The molecule has 0 saturated carbocycles. The number of nitrogens with one attached hydrogen (secondary N) is 1. The van der Waals surface area contributed by atoms with Gasteiger partial charge in [-0.05, 0) is 11.6 Å². The predicted molar refractivity (Wildman–Crippen MR) is 78.3 cm³/mol. The van der Waals surface area contributed by atoms with Crippen molar-refractivity contribution in [2.24, 2.45) is 0 Å². The Morgan fingerprint density at radius 3 is 2.50 bits per heavy atom. The first-order valence-electron chi connectivity index (χ1n) is 5.90. The maximum Gasteiger partial charge on any atom is 0.335 e. The lowest BCUT2D eigenvalue weighted by Gasteiger charge is -2.02. The zero-order valence-corrected chi connectivity index (χ0v) is 13.7. The molecule has 2 aromatic rings. The number of benzene rings is 1. The van der Waals surface area contributed by atoms with Gasteiger partial charge in [0.05, 0.1) is 18.6 Å². The highest BCUT2D eigenvalue weighted by Crippen LogP contribution is 2.21. The summed E-state index contributed by atoms with van der Waals surface area (Å²) in [6.07, 6.45) is 0.957. The summed E-state index contributed by atoms with van der Waals surface area (Å²) in [7, 11) is -7.32. The topological polar surface area (TPSA) is 119 Å². The standard InChI is InChI=1S/C11H12ClN3O5S2/c1-21(16,17)13-6-10-14-15-11(20-10)22(18,19)7-8-4-2-3-5-9(8)12/h2-5,13H,6-7H2,1H3. The van der Waals surface area contributed by atoms with Crippen LogP contribution in [0.15, 0.2) is 33.9 Å². The van der Waals surface area contributed by atoms with Crippen LogP contribution in [0.2, 0.25) is 5.02 Å². The van der Waals surface area contributed by atoms with Crippen LogP contribution in [0.1, 0.15) is 11.5 Å². The summed E-state index contributed by atoms with van der Waals surface area (Å²) < 4.78 is 53.4. The molecule has 8 nitrogen and oxygen atoms in total. The maximum atomic E-state index is 12.2. The maximum absolute atomic E-state index is 12.2. The number of sulfone groups is 1. The number of hydrogen-bond acceptors (Lipinski definition) is 7. The molecule has 1 heterocycles. The van der Waals surface area contributed by atoms with E-state index in [2.05, 4.69) is 14.9 Å². The molecule has 0 radical (unpaired) electrons. The van der Waals surface area contributed by atoms with Crippen LogP contribution in [0.3, 0.4) is 0 Å². The molecule has 1 aromatic heterocycles. The molecule has 0 aliphatic carbocycles. The molecule has 0 aliphatic rings. The molecule has 0 saturated heterocycles. The van der Waals surface area contributed by atoms with Gasteiger partial charge in [-0.25, -0.2) is 21.6 Å². The van der Waals surface area contributed by atoms with E-state index in [1.807, 2.05) is 0 Å². The molecular weight excluding hydrogens is 354 g/mol.